The largest absolute Gasteiger partial charge is 0.483 e. The Morgan fingerprint density at radius 3 is 2.43 bits per heavy atom. The normalized spacial score (nSPS) is 14.8. The molecule has 30 heavy (non-hydrogen) atoms. The van der Waals surface area contributed by atoms with E-state index in [2.05, 4.69) is 14.9 Å². The summed E-state index contributed by atoms with van der Waals surface area (Å²) in [6.45, 7) is 7.54. The van der Waals surface area contributed by atoms with Crippen LogP contribution in [0.1, 0.15) is 17.0 Å². The molecule has 156 valence electrons. The number of carbonyl (C=O) groups is 1. The van der Waals surface area contributed by atoms with Crippen LogP contribution >= 0.6 is 0 Å². The molecule has 1 amide bonds. The molecule has 7 nitrogen and oxygen atoms in total. The average molecular weight is 406 g/mol. The molecule has 7 heteroatoms. The summed E-state index contributed by atoms with van der Waals surface area (Å²) in [7, 11) is 0. The zero-order valence-corrected chi connectivity index (χ0v) is 17.5. The van der Waals surface area contributed by atoms with E-state index in [1.54, 1.807) is 0 Å². The van der Waals surface area contributed by atoms with Crippen molar-refractivity contribution in [2.45, 2.75) is 20.4 Å². The molecule has 0 bridgehead atoms. The van der Waals surface area contributed by atoms with E-state index in [-0.39, 0.29) is 12.5 Å². The van der Waals surface area contributed by atoms with Crippen LogP contribution in [-0.4, -0.2) is 58.5 Å². The second-order valence-electron chi connectivity index (χ2n) is 7.71. The fraction of sp³-hybridized carbons (Fsp3) is 0.348. The van der Waals surface area contributed by atoms with Crippen molar-refractivity contribution in [1.82, 2.24) is 19.8 Å². The van der Waals surface area contributed by atoms with Crippen LogP contribution in [0.15, 0.2) is 42.5 Å². The summed E-state index contributed by atoms with van der Waals surface area (Å²) in [6, 6.07) is 13.7. The first-order chi connectivity index (χ1) is 14.5. The molecule has 0 spiro atoms. The molecule has 1 fully saturated rings. The summed E-state index contributed by atoms with van der Waals surface area (Å²) in [6.07, 6.45) is 0. The van der Waals surface area contributed by atoms with Crippen molar-refractivity contribution < 1.29 is 9.53 Å². The lowest BCUT2D eigenvalue weighted by Gasteiger charge is -2.34. The van der Waals surface area contributed by atoms with Gasteiger partial charge in [-0.15, -0.1) is 0 Å². The molecule has 1 aromatic heterocycles. The lowest BCUT2D eigenvalue weighted by atomic mass is 10.1. The van der Waals surface area contributed by atoms with Crippen LogP contribution in [-0.2, 0) is 11.3 Å². The summed E-state index contributed by atoms with van der Waals surface area (Å²) in [5.41, 5.74) is 9.04. The lowest BCUT2D eigenvalue weighted by Crippen LogP contribution is -2.49. The lowest BCUT2D eigenvalue weighted by molar-refractivity contribution is -0.135. The number of nitrogens with two attached hydrogens (primary N) is 1. The Bertz CT molecular complexity index is 1040. The molecule has 0 atom stereocenters. The number of aryl methyl sites for hydroxylation is 2. The maximum Gasteiger partial charge on any atom is 0.260 e. The van der Waals surface area contributed by atoms with Crippen molar-refractivity contribution in [2.24, 2.45) is 0 Å². The second kappa shape index (κ2) is 8.67. The minimum atomic E-state index is 0.0171. The summed E-state index contributed by atoms with van der Waals surface area (Å²) < 4.78 is 5.82. The third-order valence-electron chi connectivity index (χ3n) is 5.52. The topological polar surface area (TPSA) is 84.6 Å². The van der Waals surface area contributed by atoms with E-state index in [9.17, 15) is 4.79 Å². The van der Waals surface area contributed by atoms with Gasteiger partial charge in [-0.2, -0.15) is 0 Å². The van der Waals surface area contributed by atoms with Crippen molar-refractivity contribution >= 4 is 22.6 Å². The molecule has 2 aromatic carbocycles. The molecule has 1 aliphatic heterocycles. The number of nitrogens with zero attached hydrogens (tertiary/aromatic N) is 4. The van der Waals surface area contributed by atoms with Crippen LogP contribution in [0.4, 0.5) is 5.82 Å². The highest BCUT2D eigenvalue weighted by molar-refractivity contribution is 5.87. The van der Waals surface area contributed by atoms with Gasteiger partial charge in [0, 0.05) is 31.6 Å². The van der Waals surface area contributed by atoms with Gasteiger partial charge in [-0.3, -0.25) is 9.69 Å². The molecule has 3 aromatic rings. The van der Waals surface area contributed by atoms with Crippen LogP contribution in [0.3, 0.4) is 0 Å². The Hall–Kier alpha value is -3.19. The average Bonchev–Trinajstić information content (AvgIpc) is 2.74. The zero-order valence-electron chi connectivity index (χ0n) is 17.5. The van der Waals surface area contributed by atoms with Gasteiger partial charge >= 0.3 is 0 Å². The van der Waals surface area contributed by atoms with Gasteiger partial charge in [0.15, 0.2) is 6.61 Å². The van der Waals surface area contributed by atoms with Crippen molar-refractivity contribution in [3.8, 4) is 5.75 Å². The number of aromatic nitrogens is 2. The van der Waals surface area contributed by atoms with E-state index < -0.39 is 0 Å². The van der Waals surface area contributed by atoms with Crippen LogP contribution in [0.2, 0.25) is 0 Å². The SMILES string of the molecule is Cc1cccc(C)c1OCC(=O)N1CCN(Cc2nc(N)c3ccccc3n2)CC1. The van der Waals surface area contributed by atoms with Gasteiger partial charge in [-0.1, -0.05) is 30.3 Å². The van der Waals surface area contributed by atoms with Gasteiger partial charge in [-0.05, 0) is 37.1 Å². The summed E-state index contributed by atoms with van der Waals surface area (Å²) in [5.74, 6) is 2.04. The number of ether oxygens (including phenoxy) is 1. The number of piperazine rings is 1. The maximum atomic E-state index is 12.6. The summed E-state index contributed by atoms with van der Waals surface area (Å²) in [4.78, 5) is 25.8. The molecule has 1 aliphatic rings. The minimum absolute atomic E-state index is 0.0171. The number of anilines is 1. The molecule has 1 saturated heterocycles. The van der Waals surface area contributed by atoms with Crippen LogP contribution in [0, 0.1) is 13.8 Å². The van der Waals surface area contributed by atoms with Gasteiger partial charge in [0.05, 0.1) is 12.1 Å². The smallest absolute Gasteiger partial charge is 0.260 e. The molecule has 4 rings (SSSR count). The van der Waals surface area contributed by atoms with Crippen LogP contribution < -0.4 is 10.5 Å². The second-order valence-corrected chi connectivity index (χ2v) is 7.71. The molecule has 0 aliphatic carbocycles. The van der Waals surface area contributed by atoms with Crippen LogP contribution in [0.25, 0.3) is 10.9 Å². The highest BCUT2D eigenvalue weighted by Gasteiger charge is 2.22. The molecule has 2 heterocycles. The van der Waals surface area contributed by atoms with Gasteiger partial charge in [0.25, 0.3) is 5.91 Å². The number of hydrogen-bond donors (Lipinski definition) is 1. The van der Waals surface area contributed by atoms with E-state index in [0.717, 1.165) is 40.9 Å². The molecular weight excluding hydrogens is 378 g/mol. The van der Waals surface area contributed by atoms with E-state index >= 15 is 0 Å². The molecule has 0 saturated carbocycles. The van der Waals surface area contributed by atoms with E-state index in [4.69, 9.17) is 10.5 Å². The summed E-state index contributed by atoms with van der Waals surface area (Å²) >= 11 is 0. The minimum Gasteiger partial charge on any atom is -0.483 e. The Labute approximate surface area is 176 Å². The molecular formula is C23H27N5O2. The fourth-order valence-electron chi connectivity index (χ4n) is 3.83. The van der Waals surface area contributed by atoms with Crippen molar-refractivity contribution in [3.63, 3.8) is 0 Å². The van der Waals surface area contributed by atoms with Crippen molar-refractivity contribution in [3.05, 3.63) is 59.4 Å². The first kappa shape index (κ1) is 20.1. The predicted octanol–water partition coefficient (Wildman–Crippen LogP) is 2.55. The van der Waals surface area contributed by atoms with Gasteiger partial charge in [0.2, 0.25) is 0 Å². The number of benzene rings is 2. The Balaban J connectivity index is 1.31. The zero-order chi connectivity index (χ0) is 21.1. The highest BCUT2D eigenvalue weighted by Crippen LogP contribution is 2.22. The van der Waals surface area contributed by atoms with Gasteiger partial charge < -0.3 is 15.4 Å². The van der Waals surface area contributed by atoms with E-state index in [0.29, 0.717) is 31.3 Å². The Kier molecular flexibility index (Phi) is 5.81. The number of hydrogen-bond acceptors (Lipinski definition) is 6. The monoisotopic (exact) mass is 405 g/mol. The number of para-hydroxylation sites is 2. The van der Waals surface area contributed by atoms with Crippen LogP contribution in [0.5, 0.6) is 5.75 Å². The Morgan fingerprint density at radius 1 is 1.00 bits per heavy atom. The number of amides is 1. The maximum absolute atomic E-state index is 12.6. The number of rotatable bonds is 5. The predicted molar refractivity (Wildman–Crippen MR) is 117 cm³/mol. The standard InChI is InChI=1S/C23H27N5O2/c1-16-6-5-7-17(2)22(16)30-15-21(29)28-12-10-27(11-13-28)14-20-25-19-9-4-3-8-18(19)23(24)26-20/h3-9H,10-15H2,1-2H3,(H2,24,25,26). The third-order valence-corrected chi connectivity index (χ3v) is 5.52. The van der Waals surface area contributed by atoms with E-state index in [1.165, 1.54) is 0 Å². The highest BCUT2D eigenvalue weighted by atomic mass is 16.5. The quantitative estimate of drug-likeness (QED) is 0.702. The van der Waals surface area contributed by atoms with Gasteiger partial charge in [0.1, 0.15) is 17.4 Å². The number of fused-ring (bicyclic) bond motifs is 1. The molecule has 0 radical (unpaired) electrons. The first-order valence-corrected chi connectivity index (χ1v) is 10.2. The molecule has 2 N–H and O–H groups in total. The summed E-state index contributed by atoms with van der Waals surface area (Å²) in [5, 5.41) is 0.876. The van der Waals surface area contributed by atoms with Crippen molar-refractivity contribution in [2.75, 3.05) is 38.5 Å². The van der Waals surface area contributed by atoms with Gasteiger partial charge in [-0.25, -0.2) is 9.97 Å². The Morgan fingerprint density at radius 2 is 1.70 bits per heavy atom. The van der Waals surface area contributed by atoms with Crippen molar-refractivity contribution in [1.29, 1.82) is 0 Å². The first-order valence-electron chi connectivity index (χ1n) is 10.2. The molecule has 0 unspecified atom stereocenters. The van der Waals surface area contributed by atoms with E-state index in [1.807, 2.05) is 61.2 Å². The third kappa shape index (κ3) is 4.36. The number of carbonyl (C=O) groups excluding carboxylic acids is 1. The fourth-order valence-corrected chi connectivity index (χ4v) is 3.83. The number of nitrogen functional groups attached to an aromatic ring is 1.